The Kier molecular flexibility index (Phi) is 3.60. The highest BCUT2D eigenvalue weighted by Gasteiger charge is 2.26. The molecule has 1 aromatic heterocycles. The molecule has 0 aliphatic carbocycles. The summed E-state index contributed by atoms with van der Waals surface area (Å²) in [6, 6.07) is 10.3. The molecule has 0 spiro atoms. The topological polar surface area (TPSA) is 13.1 Å². The van der Waals surface area contributed by atoms with E-state index in [9.17, 15) is 8.22 Å². The van der Waals surface area contributed by atoms with Gasteiger partial charge in [0, 0.05) is 27.6 Å². The molecule has 0 saturated heterocycles. The number of rotatable bonds is 5. The Bertz CT molecular complexity index is 3400. The van der Waals surface area contributed by atoms with E-state index in [0.29, 0.717) is 16.7 Å². The molecule has 1 nitrogen and oxygen atoms in total. The minimum atomic E-state index is -0.801. The molecule has 0 aliphatic rings. The molecule has 0 saturated carbocycles. The highest BCUT2D eigenvalue weighted by molar-refractivity contribution is 6.25. The molecule has 1 heterocycles. The van der Waals surface area contributed by atoms with Crippen LogP contribution in [0, 0.1) is 0 Å². The third-order valence-electron chi connectivity index (χ3n) is 8.15. The largest absolute Gasteiger partial charge is 0.455 e. The van der Waals surface area contributed by atoms with Gasteiger partial charge in [0.1, 0.15) is 11.3 Å². The first kappa shape index (κ1) is 14.9. The second-order valence-electron chi connectivity index (χ2n) is 10.7. The van der Waals surface area contributed by atoms with Crippen molar-refractivity contribution >= 4 is 32.5 Å². The average Bonchev–Trinajstić information content (AvgIpc) is 3.69. The van der Waals surface area contributed by atoms with E-state index >= 15 is 0 Å². The van der Waals surface area contributed by atoms with Crippen LogP contribution in [0.3, 0.4) is 0 Å². The van der Waals surface area contributed by atoms with Crippen molar-refractivity contribution in [3.8, 4) is 55.8 Å². The van der Waals surface area contributed by atoms with Crippen LogP contribution in [0.4, 0.5) is 0 Å². The molecule has 9 aromatic rings. The highest BCUT2D eigenvalue weighted by atomic mass is 16.3. The van der Waals surface area contributed by atoms with Gasteiger partial charge >= 0.3 is 0 Å². The molecular weight excluding hydrogens is 569 g/mol. The van der Waals surface area contributed by atoms with Crippen molar-refractivity contribution in [2.75, 3.05) is 0 Å². The molecule has 0 N–H and O–H groups in total. The zero-order valence-electron chi connectivity index (χ0n) is 41.4. The molecule has 0 bridgehead atoms. The number of furan rings is 1. The first-order chi connectivity index (χ1) is 30.4. The Morgan fingerprint density at radius 1 is 0.340 bits per heavy atom. The minimum absolute atomic E-state index is 0.0779. The molecule has 0 atom stereocenters. The standard InChI is InChI=1S/C46H30O/c1-4-17-31(18-5-1)34-23-10-15-28-40(34)46-44(41-30-16-29-35(45(41)47-46)32-19-6-2-7-20-32)43-38-26-13-11-24-36(38)42(33-21-8-3-9-22-33)37-25-12-14-27-39(37)43/h1-30H/i1D,4D,5D,10D,11D,12D,13D,14D,15D,17D,18D,23D,24D,25D,26D,27D,28D. The monoisotopic (exact) mass is 615 g/mol. The van der Waals surface area contributed by atoms with Crippen molar-refractivity contribution in [3.05, 3.63) is 182 Å². The van der Waals surface area contributed by atoms with E-state index in [1.165, 1.54) is 0 Å². The summed E-state index contributed by atoms with van der Waals surface area (Å²) in [7, 11) is 0. The van der Waals surface area contributed by atoms with Gasteiger partial charge in [0.05, 0.1) is 23.3 Å². The third kappa shape index (κ3) is 4.47. The maximum absolute atomic E-state index is 9.58. The lowest BCUT2D eigenvalue weighted by Crippen LogP contribution is -1.92. The van der Waals surface area contributed by atoms with Crippen molar-refractivity contribution in [1.82, 2.24) is 0 Å². The molecular formula is C46H30O. The maximum Gasteiger partial charge on any atom is 0.143 e. The van der Waals surface area contributed by atoms with E-state index in [1.54, 1.807) is 78.9 Å². The van der Waals surface area contributed by atoms with Gasteiger partial charge in [-0.2, -0.15) is 0 Å². The SMILES string of the molecule is [2H]c1c([2H])c([2H])c(-c2c([2H])c([2H])c([2H])c([2H])c2-c2oc3c(-c4ccccc4)cccc3c2-c2c3c([2H])c([2H])c([2H])c([2H])c3c(-c3ccccc3)c3c([2H])c([2H])c([2H])c([2H])c23)c([2H])c1[2H]. The van der Waals surface area contributed by atoms with Crippen molar-refractivity contribution < 1.29 is 27.7 Å². The fourth-order valence-electron chi connectivity index (χ4n) is 6.20. The molecule has 0 radical (unpaired) electrons. The summed E-state index contributed by atoms with van der Waals surface area (Å²) in [4.78, 5) is 0. The molecule has 0 fully saturated rings. The molecule has 9 rings (SSSR count). The van der Waals surface area contributed by atoms with Gasteiger partial charge in [0.15, 0.2) is 0 Å². The molecule has 220 valence electrons. The van der Waals surface area contributed by atoms with Crippen molar-refractivity contribution in [3.63, 3.8) is 0 Å². The lowest BCUT2D eigenvalue weighted by Gasteiger charge is -2.18. The van der Waals surface area contributed by atoms with E-state index in [1.807, 2.05) is 0 Å². The first-order valence-electron chi connectivity index (χ1n) is 23.2. The Morgan fingerprint density at radius 2 is 0.872 bits per heavy atom. The van der Waals surface area contributed by atoms with Gasteiger partial charge in [-0.15, -0.1) is 0 Å². The highest BCUT2D eigenvalue weighted by Crippen LogP contribution is 2.51. The van der Waals surface area contributed by atoms with Gasteiger partial charge in [0.25, 0.3) is 0 Å². The number of fused-ring (bicyclic) bond motifs is 3. The van der Waals surface area contributed by atoms with Crippen molar-refractivity contribution in [2.45, 2.75) is 0 Å². The third-order valence-corrected chi connectivity index (χ3v) is 8.15. The Labute approximate surface area is 297 Å². The van der Waals surface area contributed by atoms with Crippen molar-refractivity contribution in [2.24, 2.45) is 0 Å². The summed E-state index contributed by atoms with van der Waals surface area (Å²) in [5.41, 5.74) is -0.301. The van der Waals surface area contributed by atoms with Crippen LogP contribution in [0.25, 0.3) is 88.3 Å². The normalized spacial score (nSPS) is 16.5. The van der Waals surface area contributed by atoms with Gasteiger partial charge in [-0.1, -0.05) is 182 Å². The minimum Gasteiger partial charge on any atom is -0.455 e. The van der Waals surface area contributed by atoms with Gasteiger partial charge in [-0.25, -0.2) is 0 Å². The summed E-state index contributed by atoms with van der Waals surface area (Å²) in [5, 5.41) is -0.468. The van der Waals surface area contributed by atoms with Crippen LogP contribution in [0.1, 0.15) is 23.3 Å². The summed E-state index contributed by atoms with van der Waals surface area (Å²) in [6.07, 6.45) is 0. The lowest BCUT2D eigenvalue weighted by molar-refractivity contribution is 0.634. The predicted octanol–water partition coefficient (Wildman–Crippen LogP) is 13.1. The van der Waals surface area contributed by atoms with Gasteiger partial charge in [-0.3, -0.25) is 0 Å². The van der Waals surface area contributed by atoms with Crippen LogP contribution in [0.15, 0.2) is 186 Å². The maximum atomic E-state index is 9.58. The molecule has 8 aromatic carbocycles. The van der Waals surface area contributed by atoms with Gasteiger partial charge < -0.3 is 4.42 Å². The fraction of sp³-hybridized carbons (Fsp3) is 0. The summed E-state index contributed by atoms with van der Waals surface area (Å²) in [5.74, 6) is -0.401. The Balaban J connectivity index is 1.65. The number of hydrogen-bond donors (Lipinski definition) is 0. The molecule has 0 unspecified atom stereocenters. The van der Waals surface area contributed by atoms with Crippen LogP contribution in [-0.2, 0) is 0 Å². The van der Waals surface area contributed by atoms with E-state index in [2.05, 4.69) is 0 Å². The first-order valence-corrected chi connectivity index (χ1v) is 14.7. The van der Waals surface area contributed by atoms with Gasteiger partial charge in [-0.05, 0) is 49.4 Å². The molecule has 0 aliphatic heterocycles. The molecule has 0 amide bonds. The van der Waals surface area contributed by atoms with E-state index < -0.39 is 125 Å². The number of hydrogen-bond acceptors (Lipinski definition) is 1. The van der Waals surface area contributed by atoms with E-state index in [4.69, 9.17) is 19.5 Å². The van der Waals surface area contributed by atoms with E-state index in [-0.39, 0.29) is 49.2 Å². The predicted molar refractivity (Wildman–Crippen MR) is 198 cm³/mol. The number of para-hydroxylation sites is 1. The Morgan fingerprint density at radius 3 is 1.51 bits per heavy atom. The van der Waals surface area contributed by atoms with Crippen LogP contribution < -0.4 is 0 Å². The van der Waals surface area contributed by atoms with Crippen LogP contribution in [0.5, 0.6) is 0 Å². The second-order valence-corrected chi connectivity index (χ2v) is 10.7. The molecule has 47 heavy (non-hydrogen) atoms. The van der Waals surface area contributed by atoms with Gasteiger partial charge in [0.2, 0.25) is 0 Å². The average molecular weight is 616 g/mol. The van der Waals surface area contributed by atoms with Crippen LogP contribution >= 0.6 is 0 Å². The number of benzene rings is 8. The zero-order valence-corrected chi connectivity index (χ0v) is 24.4. The summed E-state index contributed by atoms with van der Waals surface area (Å²) >= 11 is 0. The second kappa shape index (κ2) is 11.3. The molecule has 1 heteroatoms. The quantitative estimate of drug-likeness (QED) is 0.176. The summed E-state index contributed by atoms with van der Waals surface area (Å²) in [6.45, 7) is 0. The van der Waals surface area contributed by atoms with Crippen molar-refractivity contribution in [1.29, 1.82) is 0 Å². The zero-order chi connectivity index (χ0) is 46.0. The van der Waals surface area contributed by atoms with Crippen LogP contribution in [0.2, 0.25) is 0 Å². The lowest BCUT2D eigenvalue weighted by atomic mass is 9.84. The Hall–Kier alpha value is -6.18. The van der Waals surface area contributed by atoms with Crippen LogP contribution in [-0.4, -0.2) is 0 Å². The summed E-state index contributed by atoms with van der Waals surface area (Å²) < 4.78 is 160. The fourth-order valence-corrected chi connectivity index (χ4v) is 6.20. The van der Waals surface area contributed by atoms with E-state index in [0.717, 1.165) is 0 Å². The smallest absolute Gasteiger partial charge is 0.143 e.